The molecule has 162 valence electrons. The first kappa shape index (κ1) is 22.0. The number of rotatable bonds is 6. The van der Waals surface area contributed by atoms with Crippen LogP contribution in [-0.2, 0) is 7.05 Å². The second-order valence-corrected chi connectivity index (χ2v) is 9.12. The van der Waals surface area contributed by atoms with Gasteiger partial charge in [0.1, 0.15) is 0 Å². The van der Waals surface area contributed by atoms with Gasteiger partial charge in [-0.3, -0.25) is 14.6 Å². The number of fused-ring (bicyclic) bond motifs is 1. The van der Waals surface area contributed by atoms with Gasteiger partial charge >= 0.3 is 0 Å². The number of carbonyl (C=O) groups is 1. The summed E-state index contributed by atoms with van der Waals surface area (Å²) in [5, 5.41) is 7.13. The number of carbonyl (C=O) groups excluding carboxylic acids is 1. The zero-order valence-electron chi connectivity index (χ0n) is 18.2. The zero-order valence-corrected chi connectivity index (χ0v) is 19.8. The molecule has 0 radical (unpaired) electrons. The number of hydrogen-bond donors (Lipinski definition) is 1. The Bertz CT molecular complexity index is 1410. The van der Waals surface area contributed by atoms with Crippen LogP contribution in [0.25, 0.3) is 22.0 Å². The van der Waals surface area contributed by atoms with E-state index in [0.717, 1.165) is 33.4 Å². The molecule has 4 rings (SSSR count). The van der Waals surface area contributed by atoms with Crippen molar-refractivity contribution >= 4 is 45.5 Å². The molecule has 0 aliphatic carbocycles. The maximum Gasteiger partial charge on any atom is 0.258 e. The summed E-state index contributed by atoms with van der Waals surface area (Å²) >= 11 is 2.75. The van der Waals surface area contributed by atoms with Crippen LogP contribution in [0.5, 0.6) is 0 Å². The lowest BCUT2D eigenvalue weighted by molar-refractivity contribution is 0.104. The second kappa shape index (κ2) is 9.10. The summed E-state index contributed by atoms with van der Waals surface area (Å²) < 4.78 is 1.67. The first-order valence-electron chi connectivity index (χ1n) is 9.91. The van der Waals surface area contributed by atoms with E-state index in [2.05, 4.69) is 15.3 Å². The molecule has 4 aromatic rings. The molecule has 0 saturated heterocycles. The Morgan fingerprint density at radius 2 is 1.97 bits per heavy atom. The molecule has 0 amide bonds. The number of thiazole rings is 1. The summed E-state index contributed by atoms with van der Waals surface area (Å²) in [6, 6.07) is 9.66. The highest BCUT2D eigenvalue weighted by Crippen LogP contribution is 2.28. The fraction of sp³-hybridized carbons (Fsp3) is 0.167. The third-order valence-corrected chi connectivity index (χ3v) is 6.61. The Morgan fingerprint density at radius 1 is 1.16 bits per heavy atom. The molecule has 3 heterocycles. The van der Waals surface area contributed by atoms with Crippen molar-refractivity contribution in [2.24, 2.45) is 7.05 Å². The lowest BCUT2D eigenvalue weighted by Crippen LogP contribution is -2.19. The average Bonchev–Trinajstić information content (AvgIpc) is 3.32. The van der Waals surface area contributed by atoms with E-state index >= 15 is 0 Å². The Morgan fingerprint density at radius 3 is 2.69 bits per heavy atom. The van der Waals surface area contributed by atoms with E-state index < -0.39 is 0 Å². The van der Waals surface area contributed by atoms with Gasteiger partial charge in [0.05, 0.1) is 10.5 Å². The Hall–Kier alpha value is -3.23. The van der Waals surface area contributed by atoms with Crippen LogP contribution in [0.3, 0.4) is 0 Å². The van der Waals surface area contributed by atoms with Gasteiger partial charge in [-0.05, 0) is 55.5 Å². The van der Waals surface area contributed by atoms with E-state index in [9.17, 15) is 9.59 Å². The van der Waals surface area contributed by atoms with Gasteiger partial charge in [-0.2, -0.15) is 0 Å². The SMILES string of the molecule is CSC(=CC(=O)c1nccs1)Nc1ccc(C)c(-c2cc3cnc(C)cc3n(C)c2=O)c1. The minimum absolute atomic E-state index is 0.0667. The molecule has 0 spiro atoms. The quantitative estimate of drug-likeness (QED) is 0.315. The number of nitrogens with one attached hydrogen (secondary N) is 1. The maximum atomic E-state index is 13.2. The Kier molecular flexibility index (Phi) is 6.25. The number of ketones is 1. The van der Waals surface area contributed by atoms with Crippen LogP contribution in [-0.4, -0.2) is 26.6 Å². The van der Waals surface area contributed by atoms with Gasteiger partial charge < -0.3 is 9.88 Å². The predicted octanol–water partition coefficient (Wildman–Crippen LogP) is 5.17. The molecule has 6 nitrogen and oxygen atoms in total. The van der Waals surface area contributed by atoms with Crippen LogP contribution in [0, 0.1) is 13.8 Å². The van der Waals surface area contributed by atoms with Crippen LogP contribution >= 0.6 is 23.1 Å². The van der Waals surface area contributed by atoms with E-state index in [-0.39, 0.29) is 11.3 Å². The fourth-order valence-corrected chi connectivity index (χ4v) is 4.45. The van der Waals surface area contributed by atoms with Gasteiger partial charge in [0.15, 0.2) is 5.01 Å². The molecule has 1 aromatic carbocycles. The van der Waals surface area contributed by atoms with Crippen LogP contribution in [0.1, 0.15) is 21.1 Å². The van der Waals surface area contributed by atoms with Crippen LogP contribution in [0.4, 0.5) is 5.69 Å². The Balaban J connectivity index is 1.73. The van der Waals surface area contributed by atoms with Crippen molar-refractivity contribution in [2.45, 2.75) is 13.8 Å². The Labute approximate surface area is 194 Å². The van der Waals surface area contributed by atoms with Crippen molar-refractivity contribution in [1.29, 1.82) is 0 Å². The molecule has 0 atom stereocenters. The number of thioether (sulfide) groups is 1. The summed E-state index contributed by atoms with van der Waals surface area (Å²) in [5.74, 6) is -0.143. The first-order valence-corrected chi connectivity index (χ1v) is 12.0. The molecular formula is C24H22N4O2S2. The summed E-state index contributed by atoms with van der Waals surface area (Å²) in [5.41, 5.74) is 4.88. The first-order chi connectivity index (χ1) is 15.4. The highest BCUT2D eigenvalue weighted by atomic mass is 32.2. The summed E-state index contributed by atoms with van der Waals surface area (Å²) in [6.07, 6.45) is 6.86. The van der Waals surface area contributed by atoms with Crippen molar-refractivity contribution in [3.05, 3.63) is 85.8 Å². The second-order valence-electron chi connectivity index (χ2n) is 7.38. The third-order valence-electron chi connectivity index (χ3n) is 5.17. The standard InChI is InChI=1S/C24H22N4O2S2/c1-14-5-6-17(27-22(31-4)12-21(29)23-25-7-8-32-23)11-18(14)19-10-16-13-26-15(2)9-20(16)28(3)24(19)30/h5-13,27H,1-4H3. The van der Waals surface area contributed by atoms with E-state index in [0.29, 0.717) is 15.6 Å². The smallest absolute Gasteiger partial charge is 0.258 e. The summed E-state index contributed by atoms with van der Waals surface area (Å²) in [4.78, 5) is 34.0. The number of aromatic nitrogens is 3. The molecular weight excluding hydrogens is 440 g/mol. The predicted molar refractivity (Wildman–Crippen MR) is 134 cm³/mol. The number of benzene rings is 1. The summed E-state index contributed by atoms with van der Waals surface area (Å²) in [6.45, 7) is 3.89. The number of nitrogens with zero attached hydrogens (tertiary/aromatic N) is 3. The molecule has 0 saturated carbocycles. The molecule has 8 heteroatoms. The fourth-order valence-electron chi connectivity index (χ4n) is 3.46. The topological polar surface area (TPSA) is 76.9 Å². The van der Waals surface area contributed by atoms with Crippen molar-refractivity contribution in [3.63, 3.8) is 0 Å². The van der Waals surface area contributed by atoms with Gasteiger partial charge in [-0.25, -0.2) is 4.98 Å². The van der Waals surface area contributed by atoms with Crippen molar-refractivity contribution in [2.75, 3.05) is 11.6 Å². The average molecular weight is 463 g/mol. The van der Waals surface area contributed by atoms with Crippen LogP contribution < -0.4 is 10.9 Å². The third kappa shape index (κ3) is 4.37. The van der Waals surface area contributed by atoms with Crippen LogP contribution in [0.15, 0.2) is 64.0 Å². The van der Waals surface area contributed by atoms with E-state index in [1.807, 2.05) is 50.4 Å². The highest BCUT2D eigenvalue weighted by molar-refractivity contribution is 8.02. The van der Waals surface area contributed by atoms with Crippen LogP contribution in [0.2, 0.25) is 0 Å². The van der Waals surface area contributed by atoms with Gasteiger partial charge in [-0.1, -0.05) is 6.07 Å². The van der Waals surface area contributed by atoms with E-state index in [1.54, 1.807) is 35.5 Å². The molecule has 3 aromatic heterocycles. The van der Waals surface area contributed by atoms with E-state index in [1.165, 1.54) is 23.1 Å². The normalized spacial score (nSPS) is 11.7. The monoisotopic (exact) mass is 462 g/mol. The minimum Gasteiger partial charge on any atom is -0.350 e. The highest BCUT2D eigenvalue weighted by Gasteiger charge is 2.13. The number of allylic oxidation sites excluding steroid dienone is 1. The van der Waals surface area contributed by atoms with Gasteiger partial charge in [0.2, 0.25) is 5.78 Å². The van der Waals surface area contributed by atoms with E-state index in [4.69, 9.17) is 0 Å². The van der Waals surface area contributed by atoms with Crippen molar-refractivity contribution in [3.8, 4) is 11.1 Å². The van der Waals surface area contributed by atoms with Crippen molar-refractivity contribution < 1.29 is 4.79 Å². The number of aryl methyl sites for hydroxylation is 3. The summed E-state index contributed by atoms with van der Waals surface area (Å²) in [7, 11) is 1.78. The molecule has 0 aliphatic heterocycles. The molecule has 0 unspecified atom stereocenters. The lowest BCUT2D eigenvalue weighted by atomic mass is 9.99. The minimum atomic E-state index is -0.143. The maximum absolute atomic E-state index is 13.2. The van der Waals surface area contributed by atoms with Crippen molar-refractivity contribution in [1.82, 2.24) is 14.5 Å². The molecule has 0 fully saturated rings. The molecule has 0 aliphatic rings. The lowest BCUT2D eigenvalue weighted by Gasteiger charge is -2.14. The molecule has 32 heavy (non-hydrogen) atoms. The molecule has 0 bridgehead atoms. The number of pyridine rings is 2. The zero-order chi connectivity index (χ0) is 22.8. The number of hydrogen-bond acceptors (Lipinski definition) is 7. The van der Waals surface area contributed by atoms with Gasteiger partial charge in [-0.15, -0.1) is 23.1 Å². The largest absolute Gasteiger partial charge is 0.350 e. The number of anilines is 1. The molecule has 1 N–H and O–H groups in total. The van der Waals surface area contributed by atoms with Gasteiger partial charge in [0.25, 0.3) is 5.56 Å². The van der Waals surface area contributed by atoms with Gasteiger partial charge in [0, 0.05) is 53.2 Å².